The van der Waals surface area contributed by atoms with Crippen LogP contribution in [-0.2, 0) is 0 Å². The Labute approximate surface area is 68.8 Å². The summed E-state index contributed by atoms with van der Waals surface area (Å²) < 4.78 is 0. The van der Waals surface area contributed by atoms with Crippen LogP contribution in [0.4, 0.5) is 0 Å². The summed E-state index contributed by atoms with van der Waals surface area (Å²) in [5.74, 6) is 0. The molecule has 64 valence electrons. The van der Waals surface area contributed by atoms with Gasteiger partial charge in [-0.2, -0.15) is 0 Å². The van der Waals surface area contributed by atoms with Crippen LogP contribution >= 0.6 is 0 Å². The molecule has 1 N–H and O–H groups in total. The monoisotopic (exact) mass is 154 g/mol. The van der Waals surface area contributed by atoms with Gasteiger partial charge >= 0.3 is 0 Å². The number of hydrogen-bond donors (Lipinski definition) is 1. The van der Waals surface area contributed by atoms with Crippen LogP contribution in [0.1, 0.15) is 46.0 Å². The molecule has 2 aliphatic carbocycles. The molecular weight excluding hydrogens is 136 g/mol. The molecule has 1 unspecified atom stereocenters. The Morgan fingerprint density at radius 1 is 1.09 bits per heavy atom. The molecule has 2 aliphatic rings. The molecule has 11 heavy (non-hydrogen) atoms. The molecule has 2 fully saturated rings. The Morgan fingerprint density at radius 3 is 2.09 bits per heavy atom. The Bertz CT molecular complexity index is 168. The van der Waals surface area contributed by atoms with Crippen LogP contribution in [-0.4, -0.2) is 11.2 Å². The van der Waals surface area contributed by atoms with E-state index in [4.69, 9.17) is 0 Å². The SMILES string of the molecule is CC1(C)CCC2(CC2)C(O)C1. The van der Waals surface area contributed by atoms with Gasteiger partial charge in [0.2, 0.25) is 0 Å². The van der Waals surface area contributed by atoms with Crippen LogP contribution < -0.4 is 0 Å². The Balaban J connectivity index is 2.05. The van der Waals surface area contributed by atoms with Crippen LogP contribution in [0, 0.1) is 10.8 Å². The lowest BCUT2D eigenvalue weighted by Crippen LogP contribution is -2.34. The predicted molar refractivity (Wildman–Crippen MR) is 45.3 cm³/mol. The summed E-state index contributed by atoms with van der Waals surface area (Å²) >= 11 is 0. The topological polar surface area (TPSA) is 20.2 Å². The van der Waals surface area contributed by atoms with E-state index in [9.17, 15) is 5.11 Å². The van der Waals surface area contributed by atoms with Crippen LogP contribution in [0.2, 0.25) is 0 Å². The minimum Gasteiger partial charge on any atom is -0.393 e. The van der Waals surface area contributed by atoms with Crippen LogP contribution in [0.15, 0.2) is 0 Å². The van der Waals surface area contributed by atoms with E-state index in [2.05, 4.69) is 13.8 Å². The second kappa shape index (κ2) is 2.01. The van der Waals surface area contributed by atoms with E-state index in [0.29, 0.717) is 10.8 Å². The highest BCUT2D eigenvalue weighted by Crippen LogP contribution is 2.59. The molecule has 2 saturated carbocycles. The van der Waals surface area contributed by atoms with E-state index in [-0.39, 0.29) is 6.10 Å². The summed E-state index contributed by atoms with van der Waals surface area (Å²) in [6.07, 6.45) is 6.17. The zero-order valence-corrected chi connectivity index (χ0v) is 7.56. The summed E-state index contributed by atoms with van der Waals surface area (Å²) in [5.41, 5.74) is 0.794. The van der Waals surface area contributed by atoms with E-state index in [1.54, 1.807) is 0 Å². The van der Waals surface area contributed by atoms with Crippen molar-refractivity contribution in [3.8, 4) is 0 Å². The van der Waals surface area contributed by atoms with Crippen LogP contribution in [0.3, 0.4) is 0 Å². The molecule has 2 rings (SSSR count). The van der Waals surface area contributed by atoms with Gasteiger partial charge < -0.3 is 5.11 Å². The smallest absolute Gasteiger partial charge is 0.0601 e. The number of hydrogen-bond acceptors (Lipinski definition) is 1. The minimum absolute atomic E-state index is 0.00579. The highest BCUT2D eigenvalue weighted by molar-refractivity contribution is 5.03. The van der Waals surface area contributed by atoms with Gasteiger partial charge in [-0.3, -0.25) is 0 Å². The summed E-state index contributed by atoms with van der Waals surface area (Å²) in [5, 5.41) is 9.84. The van der Waals surface area contributed by atoms with E-state index >= 15 is 0 Å². The lowest BCUT2D eigenvalue weighted by Gasteiger charge is -2.38. The molecule has 1 spiro atoms. The van der Waals surface area contributed by atoms with E-state index in [0.717, 1.165) is 6.42 Å². The van der Waals surface area contributed by atoms with E-state index in [1.165, 1.54) is 25.7 Å². The van der Waals surface area contributed by atoms with Gasteiger partial charge in [-0.05, 0) is 42.9 Å². The molecule has 0 heterocycles. The average molecular weight is 154 g/mol. The molecule has 1 heteroatoms. The van der Waals surface area contributed by atoms with Crippen LogP contribution in [0.25, 0.3) is 0 Å². The first-order chi connectivity index (χ1) is 5.04. The van der Waals surface area contributed by atoms with Crippen LogP contribution in [0.5, 0.6) is 0 Å². The summed E-state index contributed by atoms with van der Waals surface area (Å²) in [6, 6.07) is 0. The lowest BCUT2D eigenvalue weighted by molar-refractivity contribution is 0.00203. The van der Waals surface area contributed by atoms with Gasteiger partial charge in [-0.25, -0.2) is 0 Å². The Morgan fingerprint density at radius 2 is 1.64 bits per heavy atom. The molecular formula is C10H18O. The maximum atomic E-state index is 9.84. The molecule has 0 aromatic rings. The average Bonchev–Trinajstić information content (AvgIpc) is 2.60. The normalized spacial score (nSPS) is 39.0. The molecule has 0 bridgehead atoms. The highest BCUT2D eigenvalue weighted by Gasteiger charge is 2.52. The molecule has 0 aliphatic heterocycles. The van der Waals surface area contributed by atoms with Crippen molar-refractivity contribution in [3.05, 3.63) is 0 Å². The fourth-order valence-corrected chi connectivity index (χ4v) is 2.34. The maximum Gasteiger partial charge on any atom is 0.0601 e. The number of aliphatic hydroxyl groups excluding tert-OH is 1. The predicted octanol–water partition coefficient (Wildman–Crippen LogP) is 2.34. The minimum atomic E-state index is 0.00579. The third-order valence-electron chi connectivity index (χ3n) is 3.64. The number of rotatable bonds is 0. The number of aliphatic hydroxyl groups is 1. The van der Waals surface area contributed by atoms with Crippen molar-refractivity contribution in [1.29, 1.82) is 0 Å². The molecule has 1 nitrogen and oxygen atoms in total. The standard InChI is InChI=1S/C10H18O/c1-9(2)3-4-10(5-6-10)8(11)7-9/h8,11H,3-7H2,1-2H3. The molecule has 1 atom stereocenters. The van der Waals surface area contributed by atoms with E-state index in [1.807, 2.05) is 0 Å². The summed E-state index contributed by atoms with van der Waals surface area (Å²) in [6.45, 7) is 4.54. The first-order valence-electron chi connectivity index (χ1n) is 4.72. The van der Waals surface area contributed by atoms with Crippen molar-refractivity contribution in [2.75, 3.05) is 0 Å². The van der Waals surface area contributed by atoms with Gasteiger partial charge in [0.05, 0.1) is 6.10 Å². The fraction of sp³-hybridized carbons (Fsp3) is 1.00. The largest absolute Gasteiger partial charge is 0.393 e. The van der Waals surface area contributed by atoms with Crippen molar-refractivity contribution in [3.63, 3.8) is 0 Å². The van der Waals surface area contributed by atoms with Crippen molar-refractivity contribution >= 4 is 0 Å². The first-order valence-corrected chi connectivity index (χ1v) is 4.72. The zero-order chi connectivity index (χ0) is 8.11. The molecule has 0 aromatic carbocycles. The van der Waals surface area contributed by atoms with Crippen molar-refractivity contribution in [2.24, 2.45) is 10.8 Å². The molecule has 0 aromatic heterocycles. The molecule has 0 amide bonds. The van der Waals surface area contributed by atoms with Gasteiger partial charge in [0.15, 0.2) is 0 Å². The fourth-order valence-electron chi connectivity index (χ4n) is 2.34. The van der Waals surface area contributed by atoms with E-state index < -0.39 is 0 Å². The maximum absolute atomic E-state index is 9.84. The first kappa shape index (κ1) is 7.60. The second-order valence-corrected chi connectivity index (χ2v) is 5.25. The van der Waals surface area contributed by atoms with Crippen molar-refractivity contribution in [1.82, 2.24) is 0 Å². The summed E-state index contributed by atoms with van der Waals surface area (Å²) in [7, 11) is 0. The van der Waals surface area contributed by atoms with Crippen molar-refractivity contribution in [2.45, 2.75) is 52.1 Å². The highest BCUT2D eigenvalue weighted by atomic mass is 16.3. The third kappa shape index (κ3) is 1.20. The summed E-state index contributed by atoms with van der Waals surface area (Å²) in [4.78, 5) is 0. The molecule has 0 radical (unpaired) electrons. The third-order valence-corrected chi connectivity index (χ3v) is 3.64. The van der Waals surface area contributed by atoms with Gasteiger partial charge in [0.1, 0.15) is 0 Å². The van der Waals surface area contributed by atoms with Gasteiger partial charge in [0.25, 0.3) is 0 Å². The van der Waals surface area contributed by atoms with Gasteiger partial charge in [-0.1, -0.05) is 13.8 Å². The second-order valence-electron chi connectivity index (χ2n) is 5.25. The Kier molecular flexibility index (Phi) is 1.39. The van der Waals surface area contributed by atoms with Crippen molar-refractivity contribution < 1.29 is 5.11 Å². The quantitative estimate of drug-likeness (QED) is 0.568. The zero-order valence-electron chi connectivity index (χ0n) is 7.56. The van der Waals surface area contributed by atoms with Gasteiger partial charge in [0, 0.05) is 0 Å². The van der Waals surface area contributed by atoms with Gasteiger partial charge in [-0.15, -0.1) is 0 Å². The lowest BCUT2D eigenvalue weighted by atomic mass is 9.70. The Hall–Kier alpha value is -0.0400. The molecule has 0 saturated heterocycles.